The summed E-state index contributed by atoms with van der Waals surface area (Å²) in [5.74, 6) is 2.67. The van der Waals surface area contributed by atoms with Gasteiger partial charge in [-0.1, -0.05) is 30.3 Å². The molecule has 3 atom stereocenters. The molecule has 0 spiro atoms. The van der Waals surface area contributed by atoms with Crippen molar-refractivity contribution in [1.82, 2.24) is 10.2 Å². The molecule has 0 aliphatic carbocycles. The molecule has 2 aliphatic heterocycles. The fourth-order valence-electron chi connectivity index (χ4n) is 3.41. The van der Waals surface area contributed by atoms with Gasteiger partial charge in [-0.15, -0.1) is 0 Å². The van der Waals surface area contributed by atoms with Crippen LogP contribution in [-0.4, -0.2) is 41.4 Å². The highest BCUT2D eigenvalue weighted by atomic mass is 32.2. The summed E-state index contributed by atoms with van der Waals surface area (Å²) < 4.78 is 0. The Hall–Kier alpha value is -1.00. The molecule has 2 fully saturated rings. The van der Waals surface area contributed by atoms with Crippen molar-refractivity contribution in [2.75, 3.05) is 24.6 Å². The fourth-order valence-corrected chi connectivity index (χ4v) is 4.50. The average Bonchev–Trinajstić information content (AvgIpc) is 2.55. The van der Waals surface area contributed by atoms with Crippen LogP contribution in [-0.2, 0) is 4.79 Å². The topological polar surface area (TPSA) is 32.3 Å². The Morgan fingerprint density at radius 2 is 2.14 bits per heavy atom. The highest BCUT2D eigenvalue weighted by Gasteiger charge is 2.34. The number of hydrogen-bond donors (Lipinski definition) is 1. The molecule has 2 aliphatic rings. The lowest BCUT2D eigenvalue weighted by Gasteiger charge is -2.39. The first-order valence-corrected chi connectivity index (χ1v) is 9.07. The summed E-state index contributed by atoms with van der Waals surface area (Å²) in [7, 11) is 0. The van der Waals surface area contributed by atoms with Crippen LogP contribution in [0.25, 0.3) is 0 Å². The third-order valence-electron chi connectivity index (χ3n) is 4.57. The molecule has 1 aromatic carbocycles. The van der Waals surface area contributed by atoms with Crippen molar-refractivity contribution < 1.29 is 4.79 Å². The molecule has 1 unspecified atom stereocenters. The molecular weight excluding hydrogens is 280 g/mol. The number of amides is 1. The van der Waals surface area contributed by atoms with E-state index in [4.69, 9.17) is 0 Å². The summed E-state index contributed by atoms with van der Waals surface area (Å²) in [6.45, 7) is 4.04. The quantitative estimate of drug-likeness (QED) is 0.912. The molecule has 3 nitrogen and oxygen atoms in total. The van der Waals surface area contributed by atoms with Crippen LogP contribution in [0.4, 0.5) is 0 Å². The maximum atomic E-state index is 13.0. The monoisotopic (exact) mass is 304 g/mol. The van der Waals surface area contributed by atoms with Crippen LogP contribution in [0, 0.1) is 5.92 Å². The van der Waals surface area contributed by atoms with Crippen LogP contribution in [0.3, 0.4) is 0 Å². The molecule has 2 saturated heterocycles. The van der Waals surface area contributed by atoms with Gasteiger partial charge in [-0.25, -0.2) is 0 Å². The van der Waals surface area contributed by atoms with E-state index < -0.39 is 0 Å². The fraction of sp³-hybridized carbons (Fsp3) is 0.588. The van der Waals surface area contributed by atoms with Crippen molar-refractivity contribution in [2.45, 2.75) is 31.8 Å². The molecule has 21 heavy (non-hydrogen) atoms. The van der Waals surface area contributed by atoms with Crippen LogP contribution in [0.5, 0.6) is 0 Å². The van der Waals surface area contributed by atoms with E-state index in [2.05, 4.69) is 41.4 Å². The maximum Gasteiger partial charge on any atom is 0.226 e. The van der Waals surface area contributed by atoms with Gasteiger partial charge >= 0.3 is 0 Å². The minimum absolute atomic E-state index is 0.204. The lowest BCUT2D eigenvalue weighted by Crippen LogP contribution is -2.47. The van der Waals surface area contributed by atoms with Crippen molar-refractivity contribution >= 4 is 17.7 Å². The van der Waals surface area contributed by atoms with Gasteiger partial charge in [-0.3, -0.25) is 4.79 Å². The van der Waals surface area contributed by atoms with Crippen molar-refractivity contribution in [3.63, 3.8) is 0 Å². The van der Waals surface area contributed by atoms with E-state index >= 15 is 0 Å². The SMILES string of the molecule is C[C@H]1C[C@@H](C(=O)N2CCSCC2c2ccccc2)CCN1. The first-order valence-electron chi connectivity index (χ1n) is 7.92. The zero-order valence-electron chi connectivity index (χ0n) is 12.6. The molecule has 1 aromatic rings. The van der Waals surface area contributed by atoms with E-state index in [-0.39, 0.29) is 12.0 Å². The van der Waals surface area contributed by atoms with Crippen molar-refractivity contribution in [3.05, 3.63) is 35.9 Å². The predicted octanol–water partition coefficient (Wildman–Crippen LogP) is 2.69. The number of nitrogens with one attached hydrogen (secondary N) is 1. The second-order valence-corrected chi connectivity index (χ2v) is 7.26. The highest BCUT2D eigenvalue weighted by Crippen LogP contribution is 2.32. The van der Waals surface area contributed by atoms with Crippen molar-refractivity contribution in [3.8, 4) is 0 Å². The first-order chi connectivity index (χ1) is 10.3. The van der Waals surface area contributed by atoms with Crippen molar-refractivity contribution in [1.29, 1.82) is 0 Å². The van der Waals surface area contributed by atoms with Crippen LogP contribution in [0.2, 0.25) is 0 Å². The van der Waals surface area contributed by atoms with Crippen LogP contribution in [0.1, 0.15) is 31.4 Å². The van der Waals surface area contributed by atoms with E-state index in [0.717, 1.165) is 37.4 Å². The van der Waals surface area contributed by atoms with E-state index in [1.54, 1.807) is 0 Å². The van der Waals surface area contributed by atoms with Gasteiger partial charge in [0, 0.05) is 30.0 Å². The van der Waals surface area contributed by atoms with Gasteiger partial charge in [-0.05, 0) is 31.9 Å². The second kappa shape index (κ2) is 6.84. The van der Waals surface area contributed by atoms with Crippen LogP contribution >= 0.6 is 11.8 Å². The number of thioether (sulfide) groups is 1. The molecule has 0 saturated carbocycles. The normalized spacial score (nSPS) is 30.1. The molecule has 2 heterocycles. The summed E-state index contributed by atoms with van der Waals surface area (Å²) >= 11 is 1.96. The number of carbonyl (C=O) groups is 1. The van der Waals surface area contributed by atoms with E-state index in [9.17, 15) is 4.79 Å². The van der Waals surface area contributed by atoms with Gasteiger partial charge in [0.1, 0.15) is 0 Å². The number of piperidine rings is 1. The standard InChI is InChI=1S/C17H24N2OS/c1-13-11-15(7-8-18-13)17(20)19-9-10-21-12-16(19)14-5-3-2-4-6-14/h2-6,13,15-16,18H,7-12H2,1H3/t13-,15-,16?/m0/s1. The van der Waals surface area contributed by atoms with Crippen LogP contribution in [0.15, 0.2) is 30.3 Å². The zero-order valence-corrected chi connectivity index (χ0v) is 13.4. The first kappa shape index (κ1) is 14.9. The molecule has 114 valence electrons. The Balaban J connectivity index is 1.76. The third kappa shape index (κ3) is 3.43. The molecule has 0 aromatic heterocycles. The summed E-state index contributed by atoms with van der Waals surface area (Å²) in [5, 5.41) is 3.44. The molecule has 3 rings (SSSR count). The zero-order chi connectivity index (χ0) is 14.7. The Labute approximate surface area is 131 Å². The Morgan fingerprint density at radius 1 is 1.33 bits per heavy atom. The van der Waals surface area contributed by atoms with E-state index in [1.165, 1.54) is 5.56 Å². The summed E-state index contributed by atoms with van der Waals surface area (Å²) in [6.07, 6.45) is 1.96. The van der Waals surface area contributed by atoms with Gasteiger partial charge < -0.3 is 10.2 Å². The molecule has 0 radical (unpaired) electrons. The molecule has 1 N–H and O–H groups in total. The Kier molecular flexibility index (Phi) is 4.86. The number of carbonyl (C=O) groups excluding carboxylic acids is 1. The summed E-state index contributed by atoms with van der Waals surface area (Å²) in [6, 6.07) is 11.2. The predicted molar refractivity (Wildman–Crippen MR) is 88.4 cm³/mol. The van der Waals surface area contributed by atoms with Gasteiger partial charge in [0.2, 0.25) is 5.91 Å². The second-order valence-electron chi connectivity index (χ2n) is 6.11. The summed E-state index contributed by atoms with van der Waals surface area (Å²) in [5.41, 5.74) is 1.28. The minimum Gasteiger partial charge on any atom is -0.334 e. The minimum atomic E-state index is 0.204. The summed E-state index contributed by atoms with van der Waals surface area (Å²) in [4.78, 5) is 15.1. The molecule has 4 heteroatoms. The maximum absolute atomic E-state index is 13.0. The average molecular weight is 304 g/mol. The lowest BCUT2D eigenvalue weighted by molar-refractivity contribution is -0.138. The Morgan fingerprint density at radius 3 is 2.90 bits per heavy atom. The van der Waals surface area contributed by atoms with E-state index in [0.29, 0.717) is 11.9 Å². The van der Waals surface area contributed by atoms with Crippen molar-refractivity contribution in [2.24, 2.45) is 5.92 Å². The number of benzene rings is 1. The van der Waals surface area contributed by atoms with Crippen LogP contribution < -0.4 is 5.32 Å². The van der Waals surface area contributed by atoms with Gasteiger partial charge in [0.25, 0.3) is 0 Å². The highest BCUT2D eigenvalue weighted by molar-refractivity contribution is 7.99. The largest absolute Gasteiger partial charge is 0.334 e. The number of rotatable bonds is 2. The smallest absolute Gasteiger partial charge is 0.226 e. The van der Waals surface area contributed by atoms with Gasteiger partial charge in [0.05, 0.1) is 6.04 Å². The molecular formula is C17H24N2OS. The van der Waals surface area contributed by atoms with E-state index in [1.807, 2.05) is 17.8 Å². The Bertz CT molecular complexity index is 479. The van der Waals surface area contributed by atoms with Gasteiger partial charge in [0.15, 0.2) is 0 Å². The number of hydrogen-bond acceptors (Lipinski definition) is 3. The third-order valence-corrected chi connectivity index (χ3v) is 5.59. The molecule has 0 bridgehead atoms. The van der Waals surface area contributed by atoms with Gasteiger partial charge in [-0.2, -0.15) is 11.8 Å². The lowest BCUT2D eigenvalue weighted by atomic mass is 9.91. The molecule has 1 amide bonds. The number of nitrogens with zero attached hydrogens (tertiary/aromatic N) is 1.